The minimum Gasteiger partial charge on any atom is -0.377 e. The lowest BCUT2D eigenvalue weighted by atomic mass is 10.2. The summed E-state index contributed by atoms with van der Waals surface area (Å²) in [5.74, 6) is 0.701. The summed E-state index contributed by atoms with van der Waals surface area (Å²) >= 11 is 6.04. The van der Waals surface area contributed by atoms with Crippen LogP contribution in [0.25, 0.3) is 0 Å². The molecule has 2 fully saturated rings. The minimum absolute atomic E-state index is 0.0290. The molecule has 0 bridgehead atoms. The number of sulfonamides is 1. The van der Waals surface area contributed by atoms with Crippen molar-refractivity contribution in [3.05, 3.63) is 28.8 Å². The van der Waals surface area contributed by atoms with Gasteiger partial charge in [-0.05, 0) is 49.8 Å². The van der Waals surface area contributed by atoms with E-state index in [1.54, 1.807) is 12.1 Å². The van der Waals surface area contributed by atoms with Gasteiger partial charge in [0.25, 0.3) is 0 Å². The predicted octanol–water partition coefficient (Wildman–Crippen LogP) is 2.84. The van der Waals surface area contributed by atoms with Crippen molar-refractivity contribution in [1.29, 1.82) is 0 Å². The Kier molecular flexibility index (Phi) is 4.28. The van der Waals surface area contributed by atoms with E-state index in [0.717, 1.165) is 18.6 Å². The van der Waals surface area contributed by atoms with Crippen molar-refractivity contribution in [2.24, 2.45) is 5.92 Å². The maximum Gasteiger partial charge on any atom is 0.243 e. The van der Waals surface area contributed by atoms with Gasteiger partial charge in [-0.15, -0.1) is 0 Å². The molecule has 0 N–H and O–H groups in total. The molecule has 1 saturated carbocycles. The Labute approximate surface area is 131 Å². The summed E-state index contributed by atoms with van der Waals surface area (Å²) < 4.78 is 32.5. The number of benzene rings is 1. The minimum atomic E-state index is -3.46. The van der Waals surface area contributed by atoms with Gasteiger partial charge >= 0.3 is 0 Å². The summed E-state index contributed by atoms with van der Waals surface area (Å²) in [4.78, 5) is 0.265. The zero-order valence-electron chi connectivity index (χ0n) is 12.1. The van der Waals surface area contributed by atoms with Crippen LogP contribution in [0.3, 0.4) is 0 Å². The van der Waals surface area contributed by atoms with Gasteiger partial charge < -0.3 is 4.74 Å². The summed E-state index contributed by atoms with van der Waals surface area (Å²) in [7, 11) is -3.46. The van der Waals surface area contributed by atoms with E-state index in [1.807, 2.05) is 6.92 Å². The van der Waals surface area contributed by atoms with Crippen molar-refractivity contribution >= 4 is 21.6 Å². The number of halogens is 1. The molecule has 2 aliphatic rings. The van der Waals surface area contributed by atoms with E-state index >= 15 is 0 Å². The van der Waals surface area contributed by atoms with Crippen molar-refractivity contribution in [3.8, 4) is 0 Å². The highest BCUT2D eigenvalue weighted by molar-refractivity contribution is 7.89. The first-order valence-electron chi connectivity index (χ1n) is 7.35. The van der Waals surface area contributed by atoms with Gasteiger partial charge in [0.1, 0.15) is 0 Å². The molecule has 1 heterocycles. The van der Waals surface area contributed by atoms with Gasteiger partial charge in [-0.3, -0.25) is 0 Å². The van der Waals surface area contributed by atoms with Crippen molar-refractivity contribution in [2.75, 3.05) is 19.7 Å². The molecule has 1 aliphatic carbocycles. The van der Waals surface area contributed by atoms with E-state index in [2.05, 4.69) is 0 Å². The average molecular weight is 330 g/mol. The Hall–Kier alpha value is -0.620. The Morgan fingerprint density at radius 3 is 2.76 bits per heavy atom. The molecule has 4 nitrogen and oxygen atoms in total. The molecule has 1 atom stereocenters. The van der Waals surface area contributed by atoms with Crippen LogP contribution in [0.2, 0.25) is 5.02 Å². The van der Waals surface area contributed by atoms with Crippen molar-refractivity contribution < 1.29 is 13.2 Å². The average Bonchev–Trinajstić information content (AvgIpc) is 3.15. The molecule has 0 radical (unpaired) electrons. The normalized spacial score (nSPS) is 23.6. The van der Waals surface area contributed by atoms with Crippen LogP contribution in [0, 0.1) is 12.8 Å². The first kappa shape index (κ1) is 15.3. The summed E-state index contributed by atoms with van der Waals surface area (Å²) in [6.45, 7) is 3.59. The lowest BCUT2D eigenvalue weighted by molar-refractivity contribution is 0.0561. The molecule has 0 amide bonds. The molecule has 1 aromatic carbocycles. The molecule has 1 aliphatic heterocycles. The lowest BCUT2D eigenvalue weighted by Crippen LogP contribution is -2.30. The summed E-state index contributed by atoms with van der Waals surface area (Å²) in [6.07, 6.45) is 3.29. The molecule has 21 heavy (non-hydrogen) atoms. The number of hydrogen-bond donors (Lipinski definition) is 0. The van der Waals surface area contributed by atoms with Crippen LogP contribution in [-0.4, -0.2) is 38.5 Å². The van der Waals surface area contributed by atoms with E-state index in [-0.39, 0.29) is 11.0 Å². The predicted molar refractivity (Wildman–Crippen MR) is 82.0 cm³/mol. The third kappa shape index (κ3) is 3.42. The molecule has 0 spiro atoms. The monoisotopic (exact) mass is 329 g/mol. The Balaban J connectivity index is 1.68. The van der Waals surface area contributed by atoms with Gasteiger partial charge in [-0.25, -0.2) is 8.42 Å². The van der Waals surface area contributed by atoms with E-state index in [0.29, 0.717) is 24.0 Å². The maximum absolute atomic E-state index is 12.6. The van der Waals surface area contributed by atoms with Gasteiger partial charge in [-0.2, -0.15) is 4.31 Å². The highest BCUT2D eigenvalue weighted by atomic mass is 35.5. The second kappa shape index (κ2) is 5.88. The van der Waals surface area contributed by atoms with Gasteiger partial charge in [0.05, 0.1) is 11.0 Å². The highest BCUT2D eigenvalue weighted by Gasteiger charge is 2.34. The van der Waals surface area contributed by atoms with E-state index in [4.69, 9.17) is 16.3 Å². The molecular weight excluding hydrogens is 310 g/mol. The smallest absolute Gasteiger partial charge is 0.243 e. The first-order valence-corrected chi connectivity index (χ1v) is 9.16. The number of nitrogens with zero attached hydrogens (tertiary/aromatic N) is 1. The van der Waals surface area contributed by atoms with Gasteiger partial charge in [0.2, 0.25) is 10.0 Å². The molecule has 116 valence electrons. The largest absolute Gasteiger partial charge is 0.377 e. The Bertz CT molecular complexity index is 628. The summed E-state index contributed by atoms with van der Waals surface area (Å²) in [5, 5.41) is 0.483. The Morgan fingerprint density at radius 1 is 1.33 bits per heavy atom. The van der Waals surface area contributed by atoms with Gasteiger partial charge in [-0.1, -0.05) is 17.7 Å². The van der Waals surface area contributed by atoms with E-state index in [1.165, 1.54) is 23.2 Å². The first-order chi connectivity index (χ1) is 9.96. The third-order valence-electron chi connectivity index (χ3n) is 4.15. The van der Waals surface area contributed by atoms with E-state index in [9.17, 15) is 8.42 Å². The molecule has 6 heteroatoms. The lowest BCUT2D eigenvalue weighted by Gasteiger charge is -2.17. The maximum atomic E-state index is 12.6. The van der Waals surface area contributed by atoms with E-state index < -0.39 is 10.0 Å². The van der Waals surface area contributed by atoms with Gasteiger partial charge in [0.15, 0.2) is 0 Å². The highest BCUT2D eigenvalue weighted by Crippen LogP contribution is 2.31. The van der Waals surface area contributed by atoms with Crippen LogP contribution >= 0.6 is 11.6 Å². The molecule has 0 unspecified atom stereocenters. The molecular formula is C15H20ClNO3S. The molecule has 3 rings (SSSR count). The molecule has 0 aromatic heterocycles. The standard InChI is InChI=1S/C15H20ClNO3S/c1-11-2-5-14(8-15(11)16)21(18,19)17-7-6-13(9-17)20-10-12-3-4-12/h2,5,8,12-13H,3-4,6-7,9-10H2,1H3/t13-/m0/s1. The van der Waals surface area contributed by atoms with Crippen LogP contribution in [0.5, 0.6) is 0 Å². The Morgan fingerprint density at radius 2 is 2.10 bits per heavy atom. The van der Waals surface area contributed by atoms with Crippen LogP contribution in [0.4, 0.5) is 0 Å². The second-order valence-corrected chi connectivity index (χ2v) is 8.31. The summed E-state index contributed by atoms with van der Waals surface area (Å²) in [5.41, 5.74) is 0.877. The van der Waals surface area contributed by atoms with Crippen LogP contribution in [0.15, 0.2) is 23.1 Å². The quantitative estimate of drug-likeness (QED) is 0.834. The topological polar surface area (TPSA) is 46.6 Å². The van der Waals surface area contributed by atoms with Crippen LogP contribution in [0.1, 0.15) is 24.8 Å². The fourth-order valence-electron chi connectivity index (χ4n) is 2.49. The number of aryl methyl sites for hydroxylation is 1. The number of ether oxygens (including phenoxy) is 1. The van der Waals surface area contributed by atoms with Crippen LogP contribution < -0.4 is 0 Å². The third-order valence-corrected chi connectivity index (χ3v) is 6.42. The summed E-state index contributed by atoms with van der Waals surface area (Å²) in [6, 6.07) is 4.89. The fourth-order valence-corrected chi connectivity index (χ4v) is 4.25. The van der Waals surface area contributed by atoms with Crippen LogP contribution in [-0.2, 0) is 14.8 Å². The molecule has 1 aromatic rings. The SMILES string of the molecule is Cc1ccc(S(=O)(=O)N2CC[C@H](OCC3CC3)C2)cc1Cl. The van der Waals surface area contributed by atoms with Gasteiger partial charge in [0, 0.05) is 24.7 Å². The number of hydrogen-bond acceptors (Lipinski definition) is 3. The fraction of sp³-hybridized carbons (Fsp3) is 0.600. The van der Waals surface area contributed by atoms with Crippen molar-refractivity contribution in [3.63, 3.8) is 0 Å². The van der Waals surface area contributed by atoms with Crippen molar-refractivity contribution in [2.45, 2.75) is 37.2 Å². The van der Waals surface area contributed by atoms with Crippen molar-refractivity contribution in [1.82, 2.24) is 4.31 Å². The zero-order valence-corrected chi connectivity index (χ0v) is 13.7. The zero-order chi connectivity index (χ0) is 15.0. The number of rotatable bonds is 5. The molecule has 1 saturated heterocycles. The second-order valence-electron chi connectivity index (χ2n) is 5.96.